The fourth-order valence-corrected chi connectivity index (χ4v) is 2.89. The van der Waals surface area contributed by atoms with E-state index < -0.39 is 0 Å². The topological polar surface area (TPSA) is 3.24 Å². The van der Waals surface area contributed by atoms with Gasteiger partial charge in [0.2, 0.25) is 0 Å². The fourth-order valence-electron chi connectivity index (χ4n) is 2.89. The summed E-state index contributed by atoms with van der Waals surface area (Å²) < 4.78 is 0. The molecule has 0 amide bonds. The van der Waals surface area contributed by atoms with Gasteiger partial charge in [0, 0.05) is 12.1 Å². The highest BCUT2D eigenvalue weighted by molar-refractivity contribution is 5.85. The van der Waals surface area contributed by atoms with Gasteiger partial charge in [-0.25, -0.2) is 0 Å². The van der Waals surface area contributed by atoms with E-state index in [0.717, 1.165) is 0 Å². The van der Waals surface area contributed by atoms with Gasteiger partial charge in [0.05, 0.1) is 0 Å². The van der Waals surface area contributed by atoms with Crippen molar-refractivity contribution < 1.29 is 0 Å². The molecule has 0 saturated carbocycles. The molecule has 0 aliphatic carbocycles. The molecule has 0 saturated heterocycles. The van der Waals surface area contributed by atoms with E-state index in [1.54, 1.807) is 0 Å². The molecule has 0 radical (unpaired) electrons. The first-order valence-corrected chi connectivity index (χ1v) is 8.85. The van der Waals surface area contributed by atoms with Crippen LogP contribution in [-0.2, 0) is 0 Å². The van der Waals surface area contributed by atoms with Crippen LogP contribution in [0, 0.1) is 0 Å². The molecule has 0 bridgehead atoms. The highest BCUT2D eigenvalue weighted by Crippen LogP contribution is 2.12. The Morgan fingerprint density at radius 3 is 1.30 bits per heavy atom. The van der Waals surface area contributed by atoms with Crippen molar-refractivity contribution in [3.8, 4) is 0 Å². The number of nitrogens with zero attached hydrogens (tertiary/aromatic N) is 1. The van der Waals surface area contributed by atoms with Gasteiger partial charge in [-0.05, 0) is 40.7 Å². The van der Waals surface area contributed by atoms with Crippen molar-refractivity contribution >= 4 is 12.4 Å². The molecule has 0 unspecified atom stereocenters. The molecule has 0 rings (SSSR count). The third-order valence-electron chi connectivity index (χ3n) is 4.10. The zero-order valence-corrected chi connectivity index (χ0v) is 15.6. The lowest BCUT2D eigenvalue weighted by Gasteiger charge is -2.30. The highest BCUT2D eigenvalue weighted by atomic mass is 35.5. The lowest BCUT2D eigenvalue weighted by atomic mass is 10.1. The van der Waals surface area contributed by atoms with Gasteiger partial charge in [-0.1, -0.05) is 64.7 Å². The van der Waals surface area contributed by atoms with Crippen molar-refractivity contribution in [3.63, 3.8) is 0 Å². The zero-order valence-electron chi connectivity index (χ0n) is 14.8. The molecule has 0 atom stereocenters. The Morgan fingerprint density at radius 1 is 0.600 bits per heavy atom. The van der Waals surface area contributed by atoms with Gasteiger partial charge in [-0.2, -0.15) is 0 Å². The number of hydrogen-bond donors (Lipinski definition) is 0. The largest absolute Gasteiger partial charge is 0.299 e. The second-order valence-electron chi connectivity index (χ2n) is 6.61. The predicted octanol–water partition coefficient (Wildman–Crippen LogP) is 6.45. The zero-order chi connectivity index (χ0) is 14.5. The molecule has 0 aliphatic rings. The second-order valence-corrected chi connectivity index (χ2v) is 6.61. The normalized spacial score (nSPS) is 11.4. The van der Waals surface area contributed by atoms with Crippen molar-refractivity contribution in [1.82, 2.24) is 4.90 Å². The van der Waals surface area contributed by atoms with Gasteiger partial charge in [-0.3, -0.25) is 4.90 Å². The summed E-state index contributed by atoms with van der Waals surface area (Å²) in [6, 6.07) is 1.39. The number of halogens is 1. The molecule has 0 fully saturated rings. The SMILES string of the molecule is CCCCCCCCCCCCN(C(C)C)C(C)C.Cl. The Balaban J connectivity index is 0. The Bertz CT molecular complexity index is 172. The maximum Gasteiger partial charge on any atom is 0.00412 e. The Labute approximate surface area is 135 Å². The van der Waals surface area contributed by atoms with Gasteiger partial charge in [0.25, 0.3) is 0 Å². The van der Waals surface area contributed by atoms with Crippen LogP contribution in [0.5, 0.6) is 0 Å². The molecule has 20 heavy (non-hydrogen) atoms. The summed E-state index contributed by atoms with van der Waals surface area (Å²) in [5.74, 6) is 0. The van der Waals surface area contributed by atoms with Crippen LogP contribution in [0.3, 0.4) is 0 Å². The van der Waals surface area contributed by atoms with Crippen LogP contribution in [0.2, 0.25) is 0 Å². The quantitative estimate of drug-likeness (QED) is 0.353. The van der Waals surface area contributed by atoms with Gasteiger partial charge in [0.1, 0.15) is 0 Å². The monoisotopic (exact) mass is 305 g/mol. The van der Waals surface area contributed by atoms with E-state index in [-0.39, 0.29) is 12.4 Å². The van der Waals surface area contributed by atoms with Gasteiger partial charge < -0.3 is 0 Å². The Morgan fingerprint density at radius 2 is 0.950 bits per heavy atom. The van der Waals surface area contributed by atoms with E-state index in [4.69, 9.17) is 0 Å². The smallest absolute Gasteiger partial charge is 0.00412 e. The lowest BCUT2D eigenvalue weighted by Crippen LogP contribution is -2.37. The van der Waals surface area contributed by atoms with Gasteiger partial charge >= 0.3 is 0 Å². The molecule has 0 spiro atoms. The second kappa shape index (κ2) is 15.6. The summed E-state index contributed by atoms with van der Waals surface area (Å²) in [5, 5.41) is 0. The molecular weight excluding hydrogens is 266 g/mol. The lowest BCUT2D eigenvalue weighted by molar-refractivity contribution is 0.171. The molecule has 0 N–H and O–H groups in total. The number of rotatable bonds is 13. The first-order chi connectivity index (χ1) is 9.09. The molecule has 0 aromatic rings. The van der Waals surface area contributed by atoms with Crippen molar-refractivity contribution in [3.05, 3.63) is 0 Å². The van der Waals surface area contributed by atoms with Crippen LogP contribution >= 0.6 is 12.4 Å². The summed E-state index contributed by atoms with van der Waals surface area (Å²) in [6.45, 7) is 12.8. The summed E-state index contributed by atoms with van der Waals surface area (Å²) in [4.78, 5) is 2.62. The number of unbranched alkanes of at least 4 members (excludes halogenated alkanes) is 9. The van der Waals surface area contributed by atoms with Gasteiger partial charge in [-0.15, -0.1) is 12.4 Å². The molecule has 0 aromatic carbocycles. The Kier molecular flexibility index (Phi) is 17.6. The van der Waals surface area contributed by atoms with E-state index in [1.807, 2.05) is 0 Å². The Hall–Kier alpha value is 0.250. The van der Waals surface area contributed by atoms with Crippen LogP contribution < -0.4 is 0 Å². The molecule has 0 aliphatic heterocycles. The minimum absolute atomic E-state index is 0. The van der Waals surface area contributed by atoms with Crippen molar-refractivity contribution in [2.45, 2.75) is 111 Å². The fraction of sp³-hybridized carbons (Fsp3) is 1.00. The van der Waals surface area contributed by atoms with E-state index in [9.17, 15) is 0 Å². The average Bonchev–Trinajstić information content (AvgIpc) is 2.35. The first-order valence-electron chi connectivity index (χ1n) is 8.85. The minimum atomic E-state index is 0. The van der Waals surface area contributed by atoms with Crippen molar-refractivity contribution in [2.75, 3.05) is 6.54 Å². The summed E-state index contributed by atoms with van der Waals surface area (Å²) >= 11 is 0. The van der Waals surface area contributed by atoms with E-state index >= 15 is 0 Å². The molecule has 124 valence electrons. The van der Waals surface area contributed by atoms with E-state index in [0.29, 0.717) is 12.1 Å². The molecule has 2 heteroatoms. The van der Waals surface area contributed by atoms with Gasteiger partial charge in [0.15, 0.2) is 0 Å². The average molecular weight is 306 g/mol. The van der Waals surface area contributed by atoms with Crippen molar-refractivity contribution in [1.29, 1.82) is 0 Å². The summed E-state index contributed by atoms with van der Waals surface area (Å²) in [6.07, 6.45) is 14.3. The van der Waals surface area contributed by atoms with Crippen LogP contribution in [0.15, 0.2) is 0 Å². The predicted molar refractivity (Wildman–Crippen MR) is 96.1 cm³/mol. The number of hydrogen-bond acceptors (Lipinski definition) is 1. The first kappa shape index (κ1) is 22.5. The molecular formula is C18H40ClN. The third kappa shape index (κ3) is 13.2. The minimum Gasteiger partial charge on any atom is -0.299 e. The van der Waals surface area contributed by atoms with Crippen LogP contribution in [0.1, 0.15) is 98.8 Å². The van der Waals surface area contributed by atoms with Crippen LogP contribution in [-0.4, -0.2) is 23.5 Å². The standard InChI is InChI=1S/C18H39N.ClH/c1-6-7-8-9-10-11-12-13-14-15-16-19(17(2)3)18(4)5;/h17-18H,6-16H2,1-5H3;1H. The highest BCUT2D eigenvalue weighted by Gasteiger charge is 2.11. The van der Waals surface area contributed by atoms with Crippen molar-refractivity contribution in [2.24, 2.45) is 0 Å². The maximum absolute atomic E-state index is 2.62. The van der Waals surface area contributed by atoms with E-state index in [2.05, 4.69) is 39.5 Å². The van der Waals surface area contributed by atoms with Crippen LogP contribution in [0.4, 0.5) is 0 Å². The van der Waals surface area contributed by atoms with Crippen LogP contribution in [0.25, 0.3) is 0 Å². The molecule has 0 heterocycles. The maximum atomic E-state index is 2.62. The summed E-state index contributed by atoms with van der Waals surface area (Å²) in [7, 11) is 0. The molecule has 0 aromatic heterocycles. The summed E-state index contributed by atoms with van der Waals surface area (Å²) in [5.41, 5.74) is 0. The molecule has 1 nitrogen and oxygen atoms in total. The van der Waals surface area contributed by atoms with E-state index in [1.165, 1.54) is 70.8 Å². The third-order valence-corrected chi connectivity index (χ3v) is 4.10.